The van der Waals surface area contributed by atoms with E-state index in [0.29, 0.717) is 11.5 Å². The quantitative estimate of drug-likeness (QED) is 0.582. The SMILES string of the molecule is COc1ccccc1-c1nnc2ccc(-c3ccc(C)c(N)c3)nn12. The van der Waals surface area contributed by atoms with Gasteiger partial charge in [0.15, 0.2) is 11.5 Å². The number of anilines is 1. The van der Waals surface area contributed by atoms with Crippen molar-refractivity contribution in [2.24, 2.45) is 0 Å². The van der Waals surface area contributed by atoms with Gasteiger partial charge < -0.3 is 10.5 Å². The molecule has 124 valence electrons. The number of nitrogens with two attached hydrogens (primary N) is 1. The summed E-state index contributed by atoms with van der Waals surface area (Å²) in [7, 11) is 1.63. The van der Waals surface area contributed by atoms with E-state index in [1.165, 1.54) is 0 Å². The summed E-state index contributed by atoms with van der Waals surface area (Å²) in [4.78, 5) is 0. The normalized spacial score (nSPS) is 11.0. The van der Waals surface area contributed by atoms with Crippen molar-refractivity contribution in [1.29, 1.82) is 0 Å². The van der Waals surface area contributed by atoms with Crippen molar-refractivity contribution in [3.63, 3.8) is 0 Å². The number of nitrogen functional groups attached to an aromatic ring is 1. The fourth-order valence-electron chi connectivity index (χ4n) is 2.74. The van der Waals surface area contributed by atoms with Crippen LogP contribution in [0.1, 0.15) is 5.56 Å². The van der Waals surface area contributed by atoms with Gasteiger partial charge in [-0.2, -0.15) is 9.61 Å². The van der Waals surface area contributed by atoms with Crippen molar-refractivity contribution in [2.45, 2.75) is 6.92 Å². The van der Waals surface area contributed by atoms with E-state index in [0.717, 1.165) is 33.8 Å². The molecule has 2 aromatic heterocycles. The average Bonchev–Trinajstić information content (AvgIpc) is 3.07. The zero-order valence-corrected chi connectivity index (χ0v) is 14.0. The molecule has 0 aliphatic rings. The Hall–Kier alpha value is -3.41. The summed E-state index contributed by atoms with van der Waals surface area (Å²) in [5.41, 5.74) is 11.1. The highest BCUT2D eigenvalue weighted by Crippen LogP contribution is 2.29. The summed E-state index contributed by atoms with van der Waals surface area (Å²) in [5, 5.41) is 13.2. The van der Waals surface area contributed by atoms with Crippen LogP contribution in [0.4, 0.5) is 5.69 Å². The molecule has 0 amide bonds. The molecule has 0 aliphatic heterocycles. The minimum atomic E-state index is 0.634. The summed E-state index contributed by atoms with van der Waals surface area (Å²) in [6, 6.07) is 17.4. The van der Waals surface area contributed by atoms with Crippen LogP contribution in [0.25, 0.3) is 28.3 Å². The Labute approximate surface area is 144 Å². The third-order valence-electron chi connectivity index (χ3n) is 4.19. The molecular weight excluding hydrogens is 314 g/mol. The molecule has 4 rings (SSSR count). The Kier molecular flexibility index (Phi) is 3.57. The predicted molar refractivity (Wildman–Crippen MR) is 97.4 cm³/mol. The summed E-state index contributed by atoms with van der Waals surface area (Å²) in [5.74, 6) is 1.36. The second kappa shape index (κ2) is 5.90. The molecule has 0 radical (unpaired) electrons. The van der Waals surface area contributed by atoms with Crippen molar-refractivity contribution >= 4 is 11.3 Å². The Morgan fingerprint density at radius 3 is 2.64 bits per heavy atom. The van der Waals surface area contributed by atoms with Crippen LogP contribution >= 0.6 is 0 Å². The first-order chi connectivity index (χ1) is 12.2. The minimum Gasteiger partial charge on any atom is -0.496 e. The second-order valence-electron chi connectivity index (χ2n) is 5.78. The van der Waals surface area contributed by atoms with E-state index in [1.54, 1.807) is 11.6 Å². The monoisotopic (exact) mass is 331 g/mol. The molecule has 0 bridgehead atoms. The number of fused-ring (bicyclic) bond motifs is 1. The van der Waals surface area contributed by atoms with Crippen molar-refractivity contribution in [3.8, 4) is 28.4 Å². The number of para-hydroxylation sites is 1. The van der Waals surface area contributed by atoms with E-state index in [2.05, 4.69) is 10.2 Å². The number of hydrogen-bond donors (Lipinski definition) is 1. The lowest BCUT2D eigenvalue weighted by atomic mass is 10.1. The van der Waals surface area contributed by atoms with E-state index in [1.807, 2.05) is 61.5 Å². The first kappa shape index (κ1) is 15.1. The number of methoxy groups -OCH3 is 1. The second-order valence-corrected chi connectivity index (χ2v) is 5.78. The Morgan fingerprint density at radius 1 is 1.00 bits per heavy atom. The van der Waals surface area contributed by atoms with Gasteiger partial charge in [0.05, 0.1) is 18.4 Å². The van der Waals surface area contributed by atoms with Gasteiger partial charge in [0.1, 0.15) is 5.75 Å². The van der Waals surface area contributed by atoms with E-state index in [9.17, 15) is 0 Å². The van der Waals surface area contributed by atoms with Crippen LogP contribution in [-0.2, 0) is 0 Å². The Balaban J connectivity index is 1.89. The fourth-order valence-corrected chi connectivity index (χ4v) is 2.74. The predicted octanol–water partition coefficient (Wildman–Crippen LogP) is 3.36. The molecule has 25 heavy (non-hydrogen) atoms. The summed E-state index contributed by atoms with van der Waals surface area (Å²) >= 11 is 0. The van der Waals surface area contributed by atoms with Crippen LogP contribution in [0.3, 0.4) is 0 Å². The van der Waals surface area contributed by atoms with E-state index in [4.69, 9.17) is 15.6 Å². The molecule has 2 N–H and O–H groups in total. The van der Waals surface area contributed by atoms with E-state index < -0.39 is 0 Å². The van der Waals surface area contributed by atoms with E-state index >= 15 is 0 Å². The van der Waals surface area contributed by atoms with Crippen LogP contribution in [0.5, 0.6) is 5.75 Å². The summed E-state index contributed by atoms with van der Waals surface area (Å²) in [6.07, 6.45) is 0. The van der Waals surface area contributed by atoms with Crippen LogP contribution in [0, 0.1) is 6.92 Å². The van der Waals surface area contributed by atoms with Gasteiger partial charge in [-0.15, -0.1) is 10.2 Å². The molecule has 0 aliphatic carbocycles. The maximum Gasteiger partial charge on any atom is 0.189 e. The Bertz CT molecular complexity index is 1070. The maximum absolute atomic E-state index is 6.03. The van der Waals surface area contributed by atoms with Crippen molar-refractivity contribution in [2.75, 3.05) is 12.8 Å². The van der Waals surface area contributed by atoms with Crippen molar-refractivity contribution in [1.82, 2.24) is 19.8 Å². The molecule has 0 fully saturated rings. The molecule has 2 heterocycles. The number of ether oxygens (including phenoxy) is 1. The van der Waals surface area contributed by atoms with E-state index in [-0.39, 0.29) is 0 Å². The standard InChI is InChI=1S/C19H17N5O/c1-12-7-8-13(11-15(12)20)16-9-10-18-21-22-19(24(18)23-16)14-5-3-4-6-17(14)25-2/h3-11H,20H2,1-2H3. The van der Waals surface area contributed by atoms with Gasteiger partial charge in [0, 0.05) is 11.3 Å². The molecule has 0 spiro atoms. The number of hydrogen-bond acceptors (Lipinski definition) is 5. The highest BCUT2D eigenvalue weighted by Gasteiger charge is 2.14. The lowest BCUT2D eigenvalue weighted by molar-refractivity contribution is 0.416. The molecule has 0 saturated carbocycles. The maximum atomic E-state index is 6.03. The van der Waals surface area contributed by atoms with Crippen molar-refractivity contribution < 1.29 is 4.74 Å². The van der Waals surface area contributed by atoms with Crippen LogP contribution in [0.2, 0.25) is 0 Å². The fraction of sp³-hybridized carbons (Fsp3) is 0.105. The Morgan fingerprint density at radius 2 is 1.84 bits per heavy atom. The molecule has 0 atom stereocenters. The zero-order chi connectivity index (χ0) is 17.4. The van der Waals surface area contributed by atoms with Crippen LogP contribution in [-0.4, -0.2) is 26.9 Å². The number of benzene rings is 2. The highest BCUT2D eigenvalue weighted by atomic mass is 16.5. The molecule has 6 heteroatoms. The van der Waals surface area contributed by atoms with Gasteiger partial charge in [0.2, 0.25) is 0 Å². The largest absolute Gasteiger partial charge is 0.496 e. The number of aryl methyl sites for hydroxylation is 1. The topological polar surface area (TPSA) is 78.3 Å². The highest BCUT2D eigenvalue weighted by molar-refractivity contribution is 5.69. The first-order valence-corrected chi connectivity index (χ1v) is 7.90. The van der Waals surface area contributed by atoms with Gasteiger partial charge >= 0.3 is 0 Å². The molecule has 2 aromatic carbocycles. The van der Waals surface area contributed by atoms with Crippen LogP contribution in [0.15, 0.2) is 54.6 Å². The van der Waals surface area contributed by atoms with Gasteiger partial charge in [0.25, 0.3) is 0 Å². The molecule has 6 nitrogen and oxygen atoms in total. The molecule has 0 unspecified atom stereocenters. The van der Waals surface area contributed by atoms with Crippen molar-refractivity contribution in [3.05, 3.63) is 60.2 Å². The van der Waals surface area contributed by atoms with Gasteiger partial charge in [-0.1, -0.05) is 24.3 Å². The number of rotatable bonds is 3. The molecule has 0 saturated heterocycles. The molecule has 4 aromatic rings. The third kappa shape index (κ3) is 2.57. The van der Waals surface area contributed by atoms with Gasteiger partial charge in [-0.25, -0.2) is 0 Å². The summed E-state index contributed by atoms with van der Waals surface area (Å²) < 4.78 is 7.16. The van der Waals surface area contributed by atoms with Gasteiger partial charge in [-0.05, 0) is 42.8 Å². The summed E-state index contributed by atoms with van der Waals surface area (Å²) in [6.45, 7) is 1.98. The first-order valence-electron chi connectivity index (χ1n) is 7.90. The lowest BCUT2D eigenvalue weighted by Crippen LogP contribution is -1.99. The zero-order valence-electron chi connectivity index (χ0n) is 14.0. The number of aromatic nitrogens is 4. The van der Waals surface area contributed by atoms with Crippen LogP contribution < -0.4 is 10.5 Å². The average molecular weight is 331 g/mol. The minimum absolute atomic E-state index is 0.634. The third-order valence-corrected chi connectivity index (χ3v) is 4.19. The molecular formula is C19H17N5O. The van der Waals surface area contributed by atoms with Gasteiger partial charge in [-0.3, -0.25) is 0 Å². The smallest absolute Gasteiger partial charge is 0.189 e. The number of nitrogens with zero attached hydrogens (tertiary/aromatic N) is 4. The lowest BCUT2D eigenvalue weighted by Gasteiger charge is -2.08.